The van der Waals surface area contributed by atoms with Crippen molar-refractivity contribution in [2.75, 3.05) is 13.7 Å². The summed E-state index contributed by atoms with van der Waals surface area (Å²) in [6.07, 6.45) is 2.49. The molecule has 8 heteroatoms. The maximum Gasteiger partial charge on any atom is 0.339 e. The fraction of sp³-hybridized carbons (Fsp3) is 0.333. The van der Waals surface area contributed by atoms with E-state index in [0.29, 0.717) is 23.5 Å². The lowest BCUT2D eigenvalue weighted by Crippen LogP contribution is -2.27. The molecular weight excluding hydrogens is 372 g/mol. The van der Waals surface area contributed by atoms with E-state index in [4.69, 9.17) is 4.74 Å². The summed E-state index contributed by atoms with van der Waals surface area (Å²) in [6.45, 7) is 4.28. The smallest absolute Gasteiger partial charge is 0.339 e. The van der Waals surface area contributed by atoms with Crippen LogP contribution in [-0.4, -0.2) is 45.8 Å². The third kappa shape index (κ3) is 4.37. The molecule has 0 atom stereocenters. The van der Waals surface area contributed by atoms with Crippen molar-refractivity contribution in [2.24, 2.45) is 0 Å². The van der Waals surface area contributed by atoms with E-state index in [0.717, 1.165) is 24.0 Å². The highest BCUT2D eigenvalue weighted by molar-refractivity contribution is 6.01. The van der Waals surface area contributed by atoms with Crippen molar-refractivity contribution in [1.82, 2.24) is 19.9 Å². The number of fused-ring (bicyclic) bond motifs is 1. The van der Waals surface area contributed by atoms with E-state index >= 15 is 0 Å². The predicted molar refractivity (Wildman–Crippen MR) is 108 cm³/mol. The van der Waals surface area contributed by atoms with Gasteiger partial charge in [0.25, 0.3) is 0 Å². The summed E-state index contributed by atoms with van der Waals surface area (Å²) in [6, 6.07) is 7.88. The van der Waals surface area contributed by atoms with Crippen molar-refractivity contribution >= 4 is 28.7 Å². The standard InChI is InChI=1S/C21H24N4O4/c1-13-19(21(28)29-3)16(24-20(13)14(2)26)11-18(27)22-9-6-10-25-12-23-15-7-4-5-8-17(15)25/h4-5,7-8,12,24H,6,9-11H2,1-3H3,(H,22,27). The highest BCUT2D eigenvalue weighted by Gasteiger charge is 2.24. The van der Waals surface area contributed by atoms with E-state index in [9.17, 15) is 14.4 Å². The molecule has 0 aliphatic rings. The number of rotatable bonds is 8. The van der Waals surface area contributed by atoms with Crippen LogP contribution in [0.15, 0.2) is 30.6 Å². The van der Waals surface area contributed by atoms with E-state index in [1.54, 1.807) is 13.3 Å². The summed E-state index contributed by atoms with van der Waals surface area (Å²) >= 11 is 0. The number of aryl methyl sites for hydroxylation is 1. The summed E-state index contributed by atoms with van der Waals surface area (Å²) in [5, 5.41) is 2.85. The van der Waals surface area contributed by atoms with Crippen LogP contribution in [0.25, 0.3) is 11.0 Å². The molecule has 1 aromatic carbocycles. The Morgan fingerprint density at radius 3 is 2.72 bits per heavy atom. The van der Waals surface area contributed by atoms with Gasteiger partial charge in [-0.25, -0.2) is 9.78 Å². The number of ether oxygens (including phenoxy) is 1. The number of imidazole rings is 1. The fourth-order valence-corrected chi connectivity index (χ4v) is 3.41. The van der Waals surface area contributed by atoms with Gasteiger partial charge >= 0.3 is 5.97 Å². The number of nitrogens with zero attached hydrogens (tertiary/aromatic N) is 2. The lowest BCUT2D eigenvalue weighted by molar-refractivity contribution is -0.120. The van der Waals surface area contributed by atoms with Crippen molar-refractivity contribution in [1.29, 1.82) is 0 Å². The van der Waals surface area contributed by atoms with Gasteiger partial charge < -0.3 is 19.6 Å². The van der Waals surface area contributed by atoms with Gasteiger partial charge in [-0.15, -0.1) is 0 Å². The SMILES string of the molecule is COC(=O)c1c(CC(=O)NCCCn2cnc3ccccc32)[nH]c(C(C)=O)c1C. The van der Waals surface area contributed by atoms with Crippen molar-refractivity contribution < 1.29 is 19.1 Å². The summed E-state index contributed by atoms with van der Waals surface area (Å²) in [5.74, 6) is -1.00. The molecule has 8 nitrogen and oxygen atoms in total. The quantitative estimate of drug-likeness (QED) is 0.345. The number of carbonyl (C=O) groups excluding carboxylic acids is 3. The van der Waals surface area contributed by atoms with Crippen LogP contribution in [-0.2, 0) is 22.5 Å². The number of aromatic amines is 1. The number of amides is 1. The second-order valence-electron chi connectivity index (χ2n) is 6.83. The second kappa shape index (κ2) is 8.72. The Morgan fingerprint density at radius 1 is 1.24 bits per heavy atom. The van der Waals surface area contributed by atoms with Gasteiger partial charge in [0, 0.05) is 25.7 Å². The van der Waals surface area contributed by atoms with Gasteiger partial charge in [-0.3, -0.25) is 9.59 Å². The minimum absolute atomic E-state index is 0.0352. The molecule has 0 unspecified atom stereocenters. The molecule has 29 heavy (non-hydrogen) atoms. The van der Waals surface area contributed by atoms with Gasteiger partial charge in [0.15, 0.2) is 5.78 Å². The Kier molecular flexibility index (Phi) is 6.11. The number of hydrogen-bond acceptors (Lipinski definition) is 5. The number of aromatic nitrogens is 3. The van der Waals surface area contributed by atoms with Crippen LogP contribution in [0.4, 0.5) is 0 Å². The zero-order valence-corrected chi connectivity index (χ0v) is 16.7. The van der Waals surface area contributed by atoms with Crippen molar-refractivity contribution in [3.8, 4) is 0 Å². The number of carbonyl (C=O) groups is 3. The van der Waals surface area contributed by atoms with Crippen LogP contribution in [0.5, 0.6) is 0 Å². The molecule has 2 aromatic heterocycles. The van der Waals surface area contributed by atoms with Gasteiger partial charge in [0.1, 0.15) is 0 Å². The fourth-order valence-electron chi connectivity index (χ4n) is 3.41. The monoisotopic (exact) mass is 396 g/mol. The van der Waals surface area contributed by atoms with E-state index in [1.807, 2.05) is 28.8 Å². The van der Waals surface area contributed by atoms with Gasteiger partial charge in [-0.05, 0) is 31.0 Å². The Bertz CT molecular complexity index is 1060. The molecule has 3 aromatic rings. The first-order chi connectivity index (χ1) is 13.9. The minimum Gasteiger partial charge on any atom is -0.465 e. The third-order valence-electron chi connectivity index (χ3n) is 4.83. The first kappa shape index (κ1) is 20.3. The highest BCUT2D eigenvalue weighted by Crippen LogP contribution is 2.20. The van der Waals surface area contributed by atoms with Crippen LogP contribution in [0.3, 0.4) is 0 Å². The average Bonchev–Trinajstić information content (AvgIpc) is 3.26. The first-order valence-electron chi connectivity index (χ1n) is 9.39. The number of para-hydroxylation sites is 2. The molecule has 0 bridgehead atoms. The number of hydrogen-bond donors (Lipinski definition) is 2. The van der Waals surface area contributed by atoms with E-state index < -0.39 is 5.97 Å². The summed E-state index contributed by atoms with van der Waals surface area (Å²) < 4.78 is 6.84. The molecule has 0 fully saturated rings. The molecule has 2 heterocycles. The Labute approximate surface area is 168 Å². The number of esters is 1. The predicted octanol–water partition coefficient (Wildman–Crippen LogP) is 2.41. The number of ketones is 1. The van der Waals surface area contributed by atoms with Gasteiger partial charge in [0.2, 0.25) is 5.91 Å². The number of Topliss-reactive ketones (excluding diaryl/α,β-unsaturated/α-hetero) is 1. The van der Waals surface area contributed by atoms with Crippen molar-refractivity contribution in [3.63, 3.8) is 0 Å². The van der Waals surface area contributed by atoms with Crippen LogP contribution in [0.1, 0.15) is 45.4 Å². The zero-order valence-electron chi connectivity index (χ0n) is 16.7. The first-order valence-corrected chi connectivity index (χ1v) is 9.39. The lowest BCUT2D eigenvalue weighted by Gasteiger charge is -2.07. The molecule has 2 N–H and O–H groups in total. The molecule has 0 aliphatic carbocycles. The number of methoxy groups -OCH3 is 1. The van der Waals surface area contributed by atoms with Crippen molar-refractivity contribution in [3.05, 3.63) is 53.1 Å². The molecule has 3 rings (SSSR count). The van der Waals surface area contributed by atoms with Crippen LogP contribution in [0.2, 0.25) is 0 Å². The van der Waals surface area contributed by atoms with Crippen LogP contribution >= 0.6 is 0 Å². The van der Waals surface area contributed by atoms with E-state index in [1.165, 1.54) is 14.0 Å². The molecule has 0 saturated carbocycles. The summed E-state index contributed by atoms with van der Waals surface area (Å²) in [4.78, 5) is 43.4. The molecule has 1 amide bonds. The highest BCUT2D eigenvalue weighted by atomic mass is 16.5. The van der Waals surface area contributed by atoms with Gasteiger partial charge in [-0.2, -0.15) is 0 Å². The molecular formula is C21H24N4O4. The largest absolute Gasteiger partial charge is 0.465 e. The number of H-pyrrole nitrogens is 1. The Morgan fingerprint density at radius 2 is 2.00 bits per heavy atom. The summed E-state index contributed by atoms with van der Waals surface area (Å²) in [5.41, 5.74) is 3.45. The average molecular weight is 396 g/mol. The second-order valence-corrected chi connectivity index (χ2v) is 6.83. The molecule has 0 saturated heterocycles. The maximum atomic E-state index is 12.4. The Hall–Kier alpha value is -3.42. The van der Waals surface area contributed by atoms with Crippen LogP contribution < -0.4 is 5.32 Å². The third-order valence-corrected chi connectivity index (χ3v) is 4.83. The van der Waals surface area contributed by atoms with Crippen LogP contribution in [0, 0.1) is 6.92 Å². The van der Waals surface area contributed by atoms with Crippen molar-refractivity contribution in [2.45, 2.75) is 33.2 Å². The summed E-state index contributed by atoms with van der Waals surface area (Å²) in [7, 11) is 1.27. The van der Waals surface area contributed by atoms with Gasteiger partial charge in [-0.1, -0.05) is 12.1 Å². The van der Waals surface area contributed by atoms with E-state index in [-0.39, 0.29) is 23.7 Å². The molecule has 0 aliphatic heterocycles. The zero-order chi connectivity index (χ0) is 21.0. The molecule has 152 valence electrons. The lowest BCUT2D eigenvalue weighted by atomic mass is 10.1. The topological polar surface area (TPSA) is 106 Å². The number of benzene rings is 1. The molecule has 0 spiro atoms. The van der Waals surface area contributed by atoms with Gasteiger partial charge in [0.05, 0.1) is 42.1 Å². The van der Waals surface area contributed by atoms with E-state index in [2.05, 4.69) is 15.3 Å². The Balaban J connectivity index is 1.59. The maximum absolute atomic E-state index is 12.4. The minimum atomic E-state index is -0.568. The number of nitrogens with one attached hydrogen (secondary N) is 2. The normalized spacial score (nSPS) is 10.9. The molecule has 0 radical (unpaired) electrons.